The van der Waals surface area contributed by atoms with Crippen LogP contribution in [0, 0.1) is 0 Å². The van der Waals surface area contributed by atoms with Gasteiger partial charge >= 0.3 is 5.97 Å². The molecule has 0 spiro atoms. The highest BCUT2D eigenvalue weighted by Crippen LogP contribution is 2.22. The van der Waals surface area contributed by atoms with Crippen LogP contribution in [-0.4, -0.2) is 45.3 Å². The third-order valence-electron chi connectivity index (χ3n) is 2.24. The van der Waals surface area contributed by atoms with Crippen LogP contribution >= 0.6 is 11.8 Å². The van der Waals surface area contributed by atoms with Crippen LogP contribution in [0.15, 0.2) is 11.5 Å². The lowest BCUT2D eigenvalue weighted by atomic mass is 10.2. The minimum absolute atomic E-state index is 0.00940. The molecule has 0 radical (unpaired) electrons. The molecule has 0 saturated heterocycles. The maximum Gasteiger partial charge on any atom is 0.313 e. The van der Waals surface area contributed by atoms with E-state index in [2.05, 4.69) is 17.1 Å². The van der Waals surface area contributed by atoms with Gasteiger partial charge in [0.25, 0.3) is 0 Å². The third kappa shape index (κ3) is 4.35. The zero-order chi connectivity index (χ0) is 12.7. The molecule has 1 aromatic rings. The number of aliphatic carboxylic acids is 1. The second-order valence-corrected chi connectivity index (χ2v) is 4.54. The lowest BCUT2D eigenvalue weighted by molar-refractivity contribution is -0.133. The van der Waals surface area contributed by atoms with E-state index < -0.39 is 5.97 Å². The van der Waals surface area contributed by atoms with E-state index in [0.717, 1.165) is 12.8 Å². The average Bonchev–Trinajstić information content (AvgIpc) is 2.74. The van der Waals surface area contributed by atoms with Crippen LogP contribution in [0.3, 0.4) is 0 Å². The van der Waals surface area contributed by atoms with Gasteiger partial charge in [-0.2, -0.15) is 0 Å². The number of carboxylic acid groups (broad SMARTS) is 1. The monoisotopic (exact) mass is 259 g/mol. The average molecular weight is 259 g/mol. The highest BCUT2D eigenvalue weighted by Gasteiger charge is 2.15. The van der Waals surface area contributed by atoms with Crippen LogP contribution in [0.4, 0.5) is 0 Å². The molecule has 1 N–H and O–H groups in total. The number of carbonyl (C=O) groups is 1. The van der Waals surface area contributed by atoms with Gasteiger partial charge in [-0.1, -0.05) is 25.1 Å². The second kappa shape index (κ2) is 7.29. The molecule has 6 nitrogen and oxygen atoms in total. The predicted octanol–water partition coefficient (Wildman–Crippen LogP) is 1.44. The van der Waals surface area contributed by atoms with Crippen molar-refractivity contribution in [2.24, 2.45) is 0 Å². The number of nitrogens with zero attached hydrogens (tertiary/aromatic N) is 3. The van der Waals surface area contributed by atoms with Crippen molar-refractivity contribution >= 4 is 17.7 Å². The molecule has 1 unspecified atom stereocenters. The summed E-state index contributed by atoms with van der Waals surface area (Å²) >= 11 is 1.18. The topological polar surface area (TPSA) is 77.2 Å². The number of ether oxygens (including phenoxy) is 1. The molecule has 0 bridgehead atoms. The first kappa shape index (κ1) is 14.0. The first-order valence-corrected chi connectivity index (χ1v) is 6.40. The molecule has 0 fully saturated rings. The largest absolute Gasteiger partial charge is 0.481 e. The Kier molecular flexibility index (Phi) is 5.99. The summed E-state index contributed by atoms with van der Waals surface area (Å²) in [5, 5.41) is 17.0. The van der Waals surface area contributed by atoms with E-state index in [9.17, 15) is 4.79 Å². The fourth-order valence-electron chi connectivity index (χ4n) is 1.54. The molecular formula is C10H17N3O3S. The highest BCUT2D eigenvalue weighted by atomic mass is 32.2. The first-order valence-electron chi connectivity index (χ1n) is 5.42. The van der Waals surface area contributed by atoms with E-state index in [-0.39, 0.29) is 11.8 Å². The second-order valence-electron chi connectivity index (χ2n) is 3.60. The van der Waals surface area contributed by atoms with Gasteiger partial charge in [0.2, 0.25) is 0 Å². The number of hydrogen-bond donors (Lipinski definition) is 1. The van der Waals surface area contributed by atoms with E-state index >= 15 is 0 Å². The first-order chi connectivity index (χ1) is 8.19. The van der Waals surface area contributed by atoms with Crippen molar-refractivity contribution < 1.29 is 14.6 Å². The smallest absolute Gasteiger partial charge is 0.313 e. The summed E-state index contributed by atoms with van der Waals surface area (Å²) in [4.78, 5) is 10.5. The third-order valence-corrected chi connectivity index (χ3v) is 3.18. The van der Waals surface area contributed by atoms with E-state index in [0.29, 0.717) is 11.8 Å². The van der Waals surface area contributed by atoms with Crippen molar-refractivity contribution in [3.8, 4) is 0 Å². The lowest BCUT2D eigenvalue weighted by Gasteiger charge is -2.17. The van der Waals surface area contributed by atoms with Crippen LogP contribution in [0.5, 0.6) is 0 Å². The number of methoxy groups -OCH3 is 1. The molecule has 17 heavy (non-hydrogen) atoms. The number of thioether (sulfide) groups is 1. The van der Waals surface area contributed by atoms with Crippen molar-refractivity contribution in [2.75, 3.05) is 19.5 Å². The van der Waals surface area contributed by atoms with E-state index in [1.54, 1.807) is 13.4 Å². The minimum atomic E-state index is -0.858. The summed E-state index contributed by atoms with van der Waals surface area (Å²) in [7, 11) is 1.65. The Morgan fingerprint density at radius 1 is 1.71 bits per heavy atom. The SMILES string of the molecule is CCCC(COC)n1cnnc1SCC(=O)O. The number of carboxylic acids is 1. The molecule has 1 aromatic heterocycles. The summed E-state index contributed by atoms with van der Waals surface area (Å²) in [5.74, 6) is -0.867. The molecule has 0 saturated carbocycles. The van der Waals surface area contributed by atoms with Gasteiger partial charge in [-0.25, -0.2) is 0 Å². The molecule has 0 aliphatic heterocycles. The van der Waals surface area contributed by atoms with Gasteiger partial charge < -0.3 is 14.4 Å². The van der Waals surface area contributed by atoms with Crippen LogP contribution in [0.1, 0.15) is 25.8 Å². The predicted molar refractivity (Wildman–Crippen MR) is 64.2 cm³/mol. The van der Waals surface area contributed by atoms with Crippen molar-refractivity contribution in [1.82, 2.24) is 14.8 Å². The van der Waals surface area contributed by atoms with Gasteiger partial charge in [0.05, 0.1) is 18.4 Å². The molecule has 1 heterocycles. The molecule has 0 aliphatic carbocycles. The van der Waals surface area contributed by atoms with E-state index in [1.807, 2.05) is 4.57 Å². The summed E-state index contributed by atoms with van der Waals surface area (Å²) in [6.45, 7) is 2.67. The van der Waals surface area contributed by atoms with Gasteiger partial charge in [-0.15, -0.1) is 10.2 Å². The van der Waals surface area contributed by atoms with Crippen molar-refractivity contribution in [3.05, 3.63) is 6.33 Å². The zero-order valence-corrected chi connectivity index (χ0v) is 10.8. The zero-order valence-electron chi connectivity index (χ0n) is 10.00. The Balaban J connectivity index is 2.72. The molecule has 96 valence electrons. The normalized spacial score (nSPS) is 12.6. The number of aromatic nitrogens is 3. The van der Waals surface area contributed by atoms with Crippen LogP contribution in [0.2, 0.25) is 0 Å². The Morgan fingerprint density at radius 3 is 3.06 bits per heavy atom. The Hall–Kier alpha value is -1.08. The van der Waals surface area contributed by atoms with Gasteiger partial charge in [-0.3, -0.25) is 4.79 Å². The van der Waals surface area contributed by atoms with E-state index in [1.165, 1.54) is 11.8 Å². The van der Waals surface area contributed by atoms with Crippen LogP contribution < -0.4 is 0 Å². The summed E-state index contributed by atoms with van der Waals surface area (Å²) in [5.41, 5.74) is 0. The molecule has 7 heteroatoms. The van der Waals surface area contributed by atoms with Gasteiger partial charge in [-0.05, 0) is 6.42 Å². The summed E-state index contributed by atoms with van der Waals surface area (Å²) in [6, 6.07) is 0.163. The molecule has 1 atom stereocenters. The van der Waals surface area contributed by atoms with Crippen molar-refractivity contribution in [1.29, 1.82) is 0 Å². The summed E-state index contributed by atoms with van der Waals surface area (Å²) in [6.07, 6.45) is 3.60. The van der Waals surface area contributed by atoms with Crippen LogP contribution in [-0.2, 0) is 9.53 Å². The number of rotatable bonds is 8. The van der Waals surface area contributed by atoms with Gasteiger partial charge in [0, 0.05) is 7.11 Å². The highest BCUT2D eigenvalue weighted by molar-refractivity contribution is 7.99. The molecule has 0 aromatic carbocycles. The van der Waals surface area contributed by atoms with Crippen LogP contribution in [0.25, 0.3) is 0 Å². The van der Waals surface area contributed by atoms with Gasteiger partial charge in [0.1, 0.15) is 6.33 Å². The molecule has 0 amide bonds. The fraction of sp³-hybridized carbons (Fsp3) is 0.700. The fourth-order valence-corrected chi connectivity index (χ4v) is 2.24. The molecular weight excluding hydrogens is 242 g/mol. The number of hydrogen-bond acceptors (Lipinski definition) is 5. The Bertz CT molecular complexity index is 350. The van der Waals surface area contributed by atoms with Gasteiger partial charge in [0.15, 0.2) is 5.16 Å². The molecule has 0 aliphatic rings. The Labute approximate surface area is 104 Å². The quantitative estimate of drug-likeness (QED) is 0.712. The standard InChI is InChI=1S/C10H17N3O3S/c1-3-4-8(5-16-2)13-7-11-12-10(13)17-6-9(14)15/h7-8H,3-6H2,1-2H3,(H,14,15). The van der Waals surface area contributed by atoms with Crippen molar-refractivity contribution in [2.45, 2.75) is 31.0 Å². The minimum Gasteiger partial charge on any atom is -0.481 e. The maximum absolute atomic E-state index is 10.5. The summed E-state index contributed by atoms with van der Waals surface area (Å²) < 4.78 is 7.05. The Morgan fingerprint density at radius 2 is 2.47 bits per heavy atom. The molecule has 1 rings (SSSR count). The van der Waals surface area contributed by atoms with Crippen molar-refractivity contribution in [3.63, 3.8) is 0 Å². The maximum atomic E-state index is 10.5. The van der Waals surface area contributed by atoms with E-state index in [4.69, 9.17) is 9.84 Å². The lowest BCUT2D eigenvalue weighted by Crippen LogP contribution is -2.15.